The fraction of sp³-hybridized carbons (Fsp3) is 0. The van der Waals surface area contributed by atoms with Gasteiger partial charge in [-0.2, -0.15) is 0 Å². The van der Waals surface area contributed by atoms with Crippen LogP contribution >= 0.6 is 0 Å². The second kappa shape index (κ2) is 9.79. The Hall–Kier alpha value is -6.00. The minimum Gasteiger partial charge on any atom is -0.455 e. The quantitative estimate of drug-likeness (QED) is 0.213. The third-order valence-electron chi connectivity index (χ3n) is 8.38. The highest BCUT2D eigenvalue weighted by molar-refractivity contribution is 6.16. The first-order chi connectivity index (χ1) is 21.8. The van der Waals surface area contributed by atoms with Crippen LogP contribution in [0.15, 0.2) is 155 Å². The second-order valence-electron chi connectivity index (χ2n) is 11.0. The van der Waals surface area contributed by atoms with Crippen molar-refractivity contribution in [2.45, 2.75) is 0 Å². The van der Waals surface area contributed by atoms with Gasteiger partial charge in [-0.25, -0.2) is 0 Å². The standard InChI is InChI=1S/C40H24N2O2/c1-2-19-37-29(10-1)30-12-8-14-32(39(30)43-37)34-16-9-15-33-31-13-7-11-28(38(31)44-40(33)34)25-22-26(35-17-3-5-20-41-35)24-27(23-25)36-18-4-6-21-42-36/h1-24H. The maximum Gasteiger partial charge on any atom is 0.143 e. The van der Waals surface area contributed by atoms with Gasteiger partial charge in [0.2, 0.25) is 0 Å². The molecular weight excluding hydrogens is 540 g/mol. The van der Waals surface area contributed by atoms with Gasteiger partial charge < -0.3 is 8.83 Å². The van der Waals surface area contributed by atoms with Crippen molar-refractivity contribution < 1.29 is 8.83 Å². The van der Waals surface area contributed by atoms with E-state index in [0.29, 0.717) is 0 Å². The average Bonchev–Trinajstić information content (AvgIpc) is 3.68. The Bertz CT molecular complexity index is 2430. The maximum atomic E-state index is 6.86. The van der Waals surface area contributed by atoms with E-state index in [4.69, 9.17) is 8.83 Å². The lowest BCUT2D eigenvalue weighted by Crippen LogP contribution is -1.89. The lowest BCUT2D eigenvalue weighted by molar-refractivity contribution is 0.665. The Labute approximate surface area is 252 Å². The van der Waals surface area contributed by atoms with Crippen molar-refractivity contribution >= 4 is 43.9 Å². The molecule has 0 aliphatic rings. The number of para-hydroxylation sites is 4. The summed E-state index contributed by atoms with van der Waals surface area (Å²) in [4.78, 5) is 9.30. The lowest BCUT2D eigenvalue weighted by Gasteiger charge is -2.10. The summed E-state index contributed by atoms with van der Waals surface area (Å²) in [5.41, 5.74) is 11.4. The molecule has 4 aromatic heterocycles. The van der Waals surface area contributed by atoms with Gasteiger partial charge in [0, 0.05) is 61.8 Å². The van der Waals surface area contributed by atoms with Gasteiger partial charge in [0.1, 0.15) is 22.3 Å². The van der Waals surface area contributed by atoms with E-state index in [9.17, 15) is 0 Å². The van der Waals surface area contributed by atoms with Crippen molar-refractivity contribution in [3.63, 3.8) is 0 Å². The van der Waals surface area contributed by atoms with Crippen LogP contribution in [0.25, 0.3) is 88.6 Å². The Morgan fingerprint density at radius 2 is 0.841 bits per heavy atom. The number of pyridine rings is 2. The number of hydrogen-bond acceptors (Lipinski definition) is 4. The summed E-state index contributed by atoms with van der Waals surface area (Å²) in [5, 5.41) is 4.34. The highest BCUT2D eigenvalue weighted by atomic mass is 16.3. The van der Waals surface area contributed by atoms with Crippen LogP contribution in [0.5, 0.6) is 0 Å². The number of aromatic nitrogens is 2. The smallest absolute Gasteiger partial charge is 0.143 e. The van der Waals surface area contributed by atoms with Crippen molar-refractivity contribution in [3.8, 4) is 44.8 Å². The van der Waals surface area contributed by atoms with E-state index < -0.39 is 0 Å². The van der Waals surface area contributed by atoms with E-state index in [1.807, 2.05) is 67.0 Å². The Morgan fingerprint density at radius 3 is 1.45 bits per heavy atom. The van der Waals surface area contributed by atoms with Gasteiger partial charge in [0.15, 0.2) is 0 Å². The Morgan fingerprint density at radius 1 is 0.364 bits per heavy atom. The molecule has 9 aromatic rings. The molecule has 0 amide bonds. The summed E-state index contributed by atoms with van der Waals surface area (Å²) in [6.07, 6.45) is 3.65. The third-order valence-corrected chi connectivity index (χ3v) is 8.38. The van der Waals surface area contributed by atoms with E-state index in [1.54, 1.807) is 0 Å². The molecule has 206 valence electrons. The summed E-state index contributed by atoms with van der Waals surface area (Å²) < 4.78 is 13.3. The maximum absolute atomic E-state index is 6.86. The fourth-order valence-corrected chi connectivity index (χ4v) is 6.36. The number of nitrogens with zero attached hydrogens (tertiary/aromatic N) is 2. The van der Waals surface area contributed by atoms with Crippen molar-refractivity contribution in [2.75, 3.05) is 0 Å². The van der Waals surface area contributed by atoms with E-state index in [-0.39, 0.29) is 0 Å². The molecule has 0 saturated carbocycles. The van der Waals surface area contributed by atoms with Gasteiger partial charge in [-0.3, -0.25) is 9.97 Å². The van der Waals surface area contributed by atoms with Gasteiger partial charge in [-0.05, 0) is 54.1 Å². The van der Waals surface area contributed by atoms with Gasteiger partial charge in [0.25, 0.3) is 0 Å². The van der Waals surface area contributed by atoms with Crippen LogP contribution < -0.4 is 0 Å². The lowest BCUT2D eigenvalue weighted by atomic mass is 9.95. The molecule has 0 fully saturated rings. The summed E-state index contributed by atoms with van der Waals surface area (Å²) >= 11 is 0. The number of hydrogen-bond donors (Lipinski definition) is 0. The number of benzene rings is 5. The zero-order chi connectivity index (χ0) is 29.0. The average molecular weight is 565 g/mol. The second-order valence-corrected chi connectivity index (χ2v) is 11.0. The molecule has 4 heteroatoms. The van der Waals surface area contributed by atoms with Gasteiger partial charge in [-0.15, -0.1) is 0 Å². The Kier molecular flexibility index (Phi) is 5.47. The van der Waals surface area contributed by atoms with Gasteiger partial charge in [-0.1, -0.05) is 84.9 Å². The summed E-state index contributed by atoms with van der Waals surface area (Å²) in [6.45, 7) is 0. The normalized spacial score (nSPS) is 11.6. The third kappa shape index (κ3) is 3.85. The minimum atomic E-state index is 0.841. The highest BCUT2D eigenvalue weighted by Gasteiger charge is 2.19. The van der Waals surface area contributed by atoms with Crippen LogP contribution in [0.3, 0.4) is 0 Å². The van der Waals surface area contributed by atoms with Crippen molar-refractivity contribution in [3.05, 3.63) is 146 Å². The SMILES string of the molecule is c1ccc(-c2cc(-c3ccccn3)cc(-c3cccc4c3oc3c(-c5cccc6c5oc5ccccc56)cccc34)c2)nc1. The minimum absolute atomic E-state index is 0.841. The summed E-state index contributed by atoms with van der Waals surface area (Å²) in [5.74, 6) is 0. The first-order valence-electron chi connectivity index (χ1n) is 14.6. The molecule has 0 aliphatic carbocycles. The van der Waals surface area contributed by atoms with Crippen molar-refractivity contribution in [1.29, 1.82) is 0 Å². The van der Waals surface area contributed by atoms with E-state index in [1.165, 1.54) is 0 Å². The topological polar surface area (TPSA) is 52.1 Å². The van der Waals surface area contributed by atoms with Gasteiger partial charge >= 0.3 is 0 Å². The van der Waals surface area contributed by atoms with Crippen molar-refractivity contribution in [1.82, 2.24) is 9.97 Å². The molecule has 5 aromatic carbocycles. The molecule has 4 heterocycles. The molecule has 0 aliphatic heterocycles. The predicted octanol–water partition coefficient (Wildman–Crippen LogP) is 10.9. The predicted molar refractivity (Wildman–Crippen MR) is 178 cm³/mol. The summed E-state index contributed by atoms with van der Waals surface area (Å²) in [6, 6.07) is 45.7. The molecule has 4 nitrogen and oxygen atoms in total. The van der Waals surface area contributed by atoms with Crippen LogP contribution in [-0.2, 0) is 0 Å². The van der Waals surface area contributed by atoms with Crippen LogP contribution in [0.2, 0.25) is 0 Å². The molecule has 0 bridgehead atoms. The van der Waals surface area contributed by atoms with Crippen LogP contribution in [-0.4, -0.2) is 9.97 Å². The first kappa shape index (κ1) is 24.6. The zero-order valence-electron chi connectivity index (χ0n) is 23.6. The van der Waals surface area contributed by atoms with Crippen molar-refractivity contribution in [2.24, 2.45) is 0 Å². The molecule has 0 unspecified atom stereocenters. The number of furan rings is 2. The molecule has 0 saturated heterocycles. The summed E-state index contributed by atoms with van der Waals surface area (Å²) in [7, 11) is 0. The number of fused-ring (bicyclic) bond motifs is 6. The molecule has 0 radical (unpaired) electrons. The largest absolute Gasteiger partial charge is 0.455 e. The van der Waals surface area contributed by atoms with Crippen LogP contribution in [0, 0.1) is 0 Å². The molecule has 0 spiro atoms. The van der Waals surface area contributed by atoms with Gasteiger partial charge in [0.05, 0.1) is 11.4 Å². The molecule has 9 rings (SSSR count). The Balaban J connectivity index is 1.29. The molecule has 0 atom stereocenters. The molecule has 0 N–H and O–H groups in total. The highest BCUT2D eigenvalue weighted by Crippen LogP contribution is 2.43. The zero-order valence-corrected chi connectivity index (χ0v) is 23.6. The fourth-order valence-electron chi connectivity index (χ4n) is 6.36. The van der Waals surface area contributed by atoms with E-state index in [0.717, 1.165) is 88.6 Å². The monoisotopic (exact) mass is 564 g/mol. The molecular formula is C40H24N2O2. The van der Waals surface area contributed by atoms with Crippen LogP contribution in [0.1, 0.15) is 0 Å². The van der Waals surface area contributed by atoms with E-state index in [2.05, 4.69) is 88.8 Å². The number of rotatable bonds is 4. The van der Waals surface area contributed by atoms with Crippen LogP contribution in [0.4, 0.5) is 0 Å². The molecule has 44 heavy (non-hydrogen) atoms. The first-order valence-corrected chi connectivity index (χ1v) is 14.6. The van der Waals surface area contributed by atoms with E-state index >= 15 is 0 Å².